The van der Waals surface area contributed by atoms with Crippen molar-refractivity contribution in [2.24, 2.45) is 0 Å². The van der Waals surface area contributed by atoms with E-state index in [0.717, 1.165) is 5.69 Å². The van der Waals surface area contributed by atoms with Crippen LogP contribution < -0.4 is 8.24 Å². The third-order valence-electron chi connectivity index (χ3n) is 1.54. The van der Waals surface area contributed by atoms with Crippen LogP contribution in [-0.2, 0) is 4.79 Å². The molecule has 0 aromatic heterocycles. The molecule has 0 amide bonds. The summed E-state index contributed by atoms with van der Waals surface area (Å²) in [4.78, 5) is 9.93. The number of rotatable bonds is 2. The first-order chi connectivity index (χ1) is 6.61. The van der Waals surface area contributed by atoms with Crippen molar-refractivity contribution in [3.8, 4) is 0 Å². The zero-order valence-corrected chi connectivity index (χ0v) is 10.2. The summed E-state index contributed by atoms with van der Waals surface area (Å²) in [5.74, 6) is 0. The third kappa shape index (κ3) is 3.91. The number of hydrogen-bond donors (Lipinski definition) is 0. The van der Waals surface area contributed by atoms with Gasteiger partial charge in [0.2, 0.25) is 0 Å². The van der Waals surface area contributed by atoms with Gasteiger partial charge in [0.25, 0.3) is 0 Å². The molecule has 0 aliphatic rings. The van der Waals surface area contributed by atoms with Crippen LogP contribution in [0.5, 0.6) is 0 Å². The summed E-state index contributed by atoms with van der Waals surface area (Å²) in [6.07, 6.45) is 0. The Bertz CT molecular complexity index is 258. The highest BCUT2D eigenvalue weighted by Crippen LogP contribution is 2.23. The predicted molar refractivity (Wildman–Crippen MR) is 65.5 cm³/mol. The average Bonchev–Trinajstić information content (AvgIpc) is 2.21. The van der Waals surface area contributed by atoms with Crippen LogP contribution in [0.3, 0.4) is 0 Å². The fourth-order valence-corrected chi connectivity index (χ4v) is 1.18. The molecule has 0 spiro atoms. The maximum absolute atomic E-state index is 12.7. The first-order valence-corrected chi connectivity index (χ1v) is 4.75. The molecule has 0 radical (unpaired) electrons. The molecule has 0 aliphatic heterocycles. The lowest BCUT2D eigenvalue weighted by atomic mass is 10.3. The van der Waals surface area contributed by atoms with Gasteiger partial charge in [-0.15, -0.1) is 0 Å². The van der Waals surface area contributed by atoms with Gasteiger partial charge in [-0.1, -0.05) is 10.5 Å². The van der Waals surface area contributed by atoms with E-state index in [-0.39, 0.29) is 0 Å². The van der Waals surface area contributed by atoms with Crippen LogP contribution in [-0.4, -0.2) is 20.9 Å². The second-order valence-corrected chi connectivity index (χ2v) is 3.49. The summed E-state index contributed by atoms with van der Waals surface area (Å²) >= 11 is 1.60. The second kappa shape index (κ2) is 6.58. The monoisotopic (exact) mass is 310 g/mol. The van der Waals surface area contributed by atoms with Gasteiger partial charge >= 0.3 is 0 Å². The van der Waals surface area contributed by atoms with E-state index in [4.69, 9.17) is 4.79 Å². The Labute approximate surface area is 96.9 Å². The molecule has 78 valence electrons. The summed E-state index contributed by atoms with van der Waals surface area (Å²) < 4.78 is 13.3. The maximum atomic E-state index is 12.7. The van der Waals surface area contributed by atoms with Gasteiger partial charge in [0.1, 0.15) is 6.79 Å². The van der Waals surface area contributed by atoms with Gasteiger partial charge in [-0.05, 0) is 18.2 Å². The molecule has 0 saturated carbocycles. The molecule has 0 aliphatic carbocycles. The predicted octanol–water partition coefficient (Wildman–Crippen LogP) is 2.61. The Morgan fingerprint density at radius 3 is 2.21 bits per heavy atom. The number of anilines is 2. The van der Waals surface area contributed by atoms with Crippen molar-refractivity contribution in [3.63, 3.8) is 0 Å². The van der Waals surface area contributed by atoms with E-state index in [2.05, 4.69) is 0 Å². The molecule has 14 heavy (non-hydrogen) atoms. The van der Waals surface area contributed by atoms with Crippen molar-refractivity contribution in [2.45, 2.75) is 0 Å². The molecule has 0 bridgehead atoms. The molecule has 0 saturated heterocycles. The van der Waals surface area contributed by atoms with Crippen LogP contribution in [0.4, 0.5) is 15.9 Å². The standard InChI is InChI=1S/C8H10FIN2.CH2O/c1-11(2)7-4-3-5-8(6-7)12(9)10;1-2/h3-6H,1-2H3;1H2. The van der Waals surface area contributed by atoms with Crippen LogP contribution in [0, 0.1) is 0 Å². The quantitative estimate of drug-likeness (QED) is 0.620. The molecule has 0 N–H and O–H groups in total. The minimum atomic E-state index is 0.557. The van der Waals surface area contributed by atoms with Crippen LogP contribution in [0.25, 0.3) is 0 Å². The van der Waals surface area contributed by atoms with Crippen molar-refractivity contribution in [3.05, 3.63) is 24.3 Å². The summed E-state index contributed by atoms with van der Waals surface area (Å²) in [5, 5.41) is 0. The summed E-state index contributed by atoms with van der Waals surface area (Å²) in [7, 11) is 3.85. The molecule has 5 heteroatoms. The Morgan fingerprint density at radius 2 is 1.79 bits per heavy atom. The molecule has 0 unspecified atom stereocenters. The van der Waals surface area contributed by atoms with Crippen LogP contribution in [0.1, 0.15) is 0 Å². The fraction of sp³-hybridized carbons (Fsp3) is 0.222. The van der Waals surface area contributed by atoms with E-state index in [1.54, 1.807) is 35.0 Å². The summed E-state index contributed by atoms with van der Waals surface area (Å²) in [5.41, 5.74) is 1.55. The molecular formula is C9H12FIN2O. The van der Waals surface area contributed by atoms with E-state index < -0.39 is 0 Å². The molecule has 3 nitrogen and oxygen atoms in total. The molecule has 1 aromatic carbocycles. The van der Waals surface area contributed by atoms with E-state index in [1.807, 2.05) is 37.9 Å². The smallest absolute Gasteiger partial charge is 0.106 e. The van der Waals surface area contributed by atoms with Crippen molar-refractivity contribution in [2.75, 3.05) is 22.3 Å². The van der Waals surface area contributed by atoms with Gasteiger partial charge in [0, 0.05) is 19.8 Å². The molecule has 0 heterocycles. The molecule has 1 rings (SSSR count). The van der Waals surface area contributed by atoms with E-state index in [0.29, 0.717) is 9.02 Å². The van der Waals surface area contributed by atoms with Crippen LogP contribution in [0.2, 0.25) is 0 Å². The molecular weight excluding hydrogens is 298 g/mol. The topological polar surface area (TPSA) is 23.6 Å². The first-order valence-electron chi connectivity index (χ1n) is 3.79. The number of halogens is 2. The van der Waals surface area contributed by atoms with Crippen LogP contribution in [0.15, 0.2) is 24.3 Å². The lowest BCUT2D eigenvalue weighted by Crippen LogP contribution is -2.08. The Balaban J connectivity index is 0.000000791. The molecule has 0 atom stereocenters. The van der Waals surface area contributed by atoms with Gasteiger partial charge in [-0.25, -0.2) is 0 Å². The zero-order valence-electron chi connectivity index (χ0n) is 8.08. The fourth-order valence-electron chi connectivity index (χ4n) is 0.876. The van der Waals surface area contributed by atoms with E-state index in [9.17, 15) is 4.48 Å². The highest BCUT2D eigenvalue weighted by atomic mass is 127. The second-order valence-electron chi connectivity index (χ2n) is 2.65. The van der Waals surface area contributed by atoms with Gasteiger partial charge in [-0.3, -0.25) is 0 Å². The third-order valence-corrected chi connectivity index (χ3v) is 2.10. The van der Waals surface area contributed by atoms with Crippen molar-refractivity contribution < 1.29 is 9.28 Å². The number of benzene rings is 1. The van der Waals surface area contributed by atoms with Crippen molar-refractivity contribution >= 4 is 41.0 Å². The number of hydrogen-bond acceptors (Lipinski definition) is 3. The number of carbonyl (C=O) groups excluding carboxylic acids is 1. The maximum Gasteiger partial charge on any atom is 0.106 e. The number of carbonyl (C=O) groups is 1. The molecule has 0 fully saturated rings. The van der Waals surface area contributed by atoms with Gasteiger partial charge in [0.15, 0.2) is 0 Å². The zero-order chi connectivity index (χ0) is 11.1. The van der Waals surface area contributed by atoms with Crippen molar-refractivity contribution in [1.29, 1.82) is 0 Å². The highest BCUT2D eigenvalue weighted by molar-refractivity contribution is 14.1. The number of nitrogens with zero attached hydrogens (tertiary/aromatic N) is 2. The SMILES string of the molecule is C=O.CN(C)c1cccc(N(F)I)c1. The first kappa shape index (κ1) is 13.2. The van der Waals surface area contributed by atoms with Gasteiger partial charge in [-0.2, -0.15) is 3.34 Å². The molecule has 1 aromatic rings. The highest BCUT2D eigenvalue weighted by Gasteiger charge is 2.01. The lowest BCUT2D eigenvalue weighted by Gasteiger charge is -2.14. The normalized spacial score (nSPS) is 8.57. The minimum Gasteiger partial charge on any atom is -0.378 e. The van der Waals surface area contributed by atoms with Crippen LogP contribution >= 0.6 is 22.9 Å². The minimum absolute atomic E-state index is 0.557. The Kier molecular flexibility index (Phi) is 6.18. The lowest BCUT2D eigenvalue weighted by molar-refractivity contribution is -0.0979. The largest absolute Gasteiger partial charge is 0.378 e. The average molecular weight is 310 g/mol. The summed E-state index contributed by atoms with van der Waals surface area (Å²) in [6, 6.07) is 7.27. The summed E-state index contributed by atoms with van der Waals surface area (Å²) in [6.45, 7) is 2.00. The Morgan fingerprint density at radius 1 is 1.29 bits per heavy atom. The Hall–Kier alpha value is -0.850. The van der Waals surface area contributed by atoms with E-state index >= 15 is 0 Å². The van der Waals surface area contributed by atoms with E-state index in [1.165, 1.54) is 0 Å². The van der Waals surface area contributed by atoms with Crippen molar-refractivity contribution in [1.82, 2.24) is 0 Å². The van der Waals surface area contributed by atoms with Gasteiger partial charge in [0.05, 0.1) is 28.6 Å². The van der Waals surface area contributed by atoms with Gasteiger partial charge < -0.3 is 9.69 Å².